The molecule has 0 spiro atoms. The Bertz CT molecular complexity index is 943. The third-order valence-electron chi connectivity index (χ3n) is 5.33. The van der Waals surface area contributed by atoms with Gasteiger partial charge in [0.25, 0.3) is 5.92 Å². The van der Waals surface area contributed by atoms with E-state index < -0.39 is 17.4 Å². The maximum absolute atomic E-state index is 13.6. The Morgan fingerprint density at radius 2 is 1.86 bits per heavy atom. The Hall–Kier alpha value is -2.90. The Balaban J connectivity index is 2.17. The van der Waals surface area contributed by atoms with Crippen molar-refractivity contribution in [1.82, 2.24) is 10.2 Å². The van der Waals surface area contributed by atoms with Gasteiger partial charge in [0.2, 0.25) is 5.91 Å². The molecular formula is C20H22BF2N3O2. The molecule has 5 nitrogen and oxygen atoms in total. The summed E-state index contributed by atoms with van der Waals surface area (Å²) >= 11 is 0. The van der Waals surface area contributed by atoms with E-state index in [9.17, 15) is 18.7 Å². The Kier molecular flexibility index (Phi) is 4.69. The normalized spacial score (nSPS) is 22.9. The average Bonchev–Trinajstić information content (AvgIpc) is 2.61. The molecule has 3 N–H and O–H groups in total. The molecule has 1 heterocycles. The van der Waals surface area contributed by atoms with E-state index in [-0.39, 0.29) is 23.2 Å². The molecule has 146 valence electrons. The number of aromatic hydroxyl groups is 1. The molecule has 0 bridgehead atoms. The summed E-state index contributed by atoms with van der Waals surface area (Å²) in [6, 6.07) is 10.7. The van der Waals surface area contributed by atoms with Crippen molar-refractivity contribution in [3.8, 4) is 5.75 Å². The van der Waals surface area contributed by atoms with Gasteiger partial charge >= 0.3 is 0 Å². The molecule has 1 amide bonds. The molecule has 1 fully saturated rings. The van der Waals surface area contributed by atoms with Crippen LogP contribution in [0.3, 0.4) is 0 Å². The van der Waals surface area contributed by atoms with E-state index in [4.69, 9.17) is 5.41 Å². The van der Waals surface area contributed by atoms with E-state index in [0.717, 1.165) is 12.4 Å². The summed E-state index contributed by atoms with van der Waals surface area (Å²) in [5.41, 5.74) is 0.594. The molecular weight excluding hydrogens is 363 g/mol. The van der Waals surface area contributed by atoms with Gasteiger partial charge in [-0.1, -0.05) is 41.9 Å². The van der Waals surface area contributed by atoms with Crippen LogP contribution in [0.15, 0.2) is 42.5 Å². The van der Waals surface area contributed by atoms with Crippen molar-refractivity contribution in [3.63, 3.8) is 0 Å². The van der Waals surface area contributed by atoms with Gasteiger partial charge in [-0.25, -0.2) is 8.78 Å². The van der Waals surface area contributed by atoms with E-state index >= 15 is 0 Å². The number of phenols is 1. The van der Waals surface area contributed by atoms with Crippen molar-refractivity contribution in [1.29, 1.82) is 5.41 Å². The van der Waals surface area contributed by atoms with Gasteiger partial charge < -0.3 is 10.4 Å². The zero-order valence-electron chi connectivity index (χ0n) is 16.2. The molecule has 2 aromatic carbocycles. The largest absolute Gasteiger partial charge is 0.508 e. The summed E-state index contributed by atoms with van der Waals surface area (Å²) in [5, 5.41) is 21.6. The number of carbonyl (C=O) groups excluding carboxylic acids is 1. The average molecular weight is 385 g/mol. The zero-order chi connectivity index (χ0) is 20.9. The van der Waals surface area contributed by atoms with Crippen LogP contribution in [0.1, 0.15) is 36.5 Å². The Morgan fingerprint density at radius 1 is 1.25 bits per heavy atom. The van der Waals surface area contributed by atoms with Gasteiger partial charge in [-0.05, 0) is 18.6 Å². The van der Waals surface area contributed by atoms with Crippen molar-refractivity contribution in [3.05, 3.63) is 59.2 Å². The van der Waals surface area contributed by atoms with Gasteiger partial charge in [-0.2, -0.15) is 0 Å². The lowest BCUT2D eigenvalue weighted by Crippen LogP contribution is -2.62. The van der Waals surface area contributed by atoms with Gasteiger partial charge in [0, 0.05) is 25.1 Å². The minimum absolute atomic E-state index is 0.00698. The van der Waals surface area contributed by atoms with Crippen molar-refractivity contribution >= 4 is 25.2 Å². The van der Waals surface area contributed by atoms with Crippen LogP contribution in [-0.2, 0) is 16.3 Å². The fraction of sp³-hybridized carbons (Fsp3) is 0.300. The third-order valence-corrected chi connectivity index (χ3v) is 5.33. The van der Waals surface area contributed by atoms with Crippen LogP contribution in [-0.4, -0.2) is 36.8 Å². The molecule has 8 heteroatoms. The molecule has 1 aliphatic heterocycles. The quantitative estimate of drug-likeness (QED) is 0.705. The van der Waals surface area contributed by atoms with Crippen LogP contribution in [0, 0.1) is 5.41 Å². The predicted molar refractivity (Wildman–Crippen MR) is 106 cm³/mol. The molecule has 2 aromatic rings. The number of nitrogens with zero attached hydrogens (tertiary/aromatic N) is 1. The van der Waals surface area contributed by atoms with Crippen LogP contribution >= 0.6 is 0 Å². The van der Waals surface area contributed by atoms with E-state index in [0.29, 0.717) is 11.1 Å². The first-order valence-electron chi connectivity index (χ1n) is 8.88. The summed E-state index contributed by atoms with van der Waals surface area (Å²) < 4.78 is 27.2. The molecule has 28 heavy (non-hydrogen) atoms. The highest BCUT2D eigenvalue weighted by atomic mass is 19.3. The number of hydrogen-bond donors (Lipinski definition) is 3. The van der Waals surface area contributed by atoms with E-state index in [1.165, 1.54) is 36.2 Å². The molecule has 0 unspecified atom stereocenters. The molecule has 0 saturated carbocycles. The minimum Gasteiger partial charge on any atom is -0.508 e. The lowest BCUT2D eigenvalue weighted by Gasteiger charge is -2.46. The fourth-order valence-electron chi connectivity index (χ4n) is 3.69. The molecule has 1 aliphatic rings. The monoisotopic (exact) mass is 385 g/mol. The van der Waals surface area contributed by atoms with E-state index in [2.05, 4.69) is 5.32 Å². The third kappa shape index (κ3) is 3.23. The number of benzene rings is 2. The number of hydrogen-bond acceptors (Lipinski definition) is 3. The number of halogens is 2. The molecule has 2 atom stereocenters. The van der Waals surface area contributed by atoms with Gasteiger partial charge in [0.05, 0.1) is 11.5 Å². The van der Waals surface area contributed by atoms with Crippen molar-refractivity contribution < 1.29 is 18.7 Å². The first-order valence-corrected chi connectivity index (χ1v) is 8.88. The predicted octanol–water partition coefficient (Wildman–Crippen LogP) is 1.76. The van der Waals surface area contributed by atoms with Gasteiger partial charge in [-0.15, -0.1) is 0 Å². The number of nitrogens with one attached hydrogen (secondary N) is 2. The second-order valence-electron chi connectivity index (χ2n) is 7.54. The van der Waals surface area contributed by atoms with Crippen LogP contribution < -0.4 is 10.8 Å². The number of alkyl halides is 2. The smallest absolute Gasteiger partial charge is 0.270 e. The second kappa shape index (κ2) is 6.62. The molecule has 0 radical (unpaired) electrons. The Morgan fingerprint density at radius 3 is 2.43 bits per heavy atom. The topological polar surface area (TPSA) is 76.4 Å². The molecule has 0 aliphatic carbocycles. The maximum Gasteiger partial charge on any atom is 0.270 e. The lowest BCUT2D eigenvalue weighted by atomic mass is 9.72. The number of phenolic OH excluding ortho intramolecular Hbond substituents is 1. The van der Waals surface area contributed by atoms with Crippen molar-refractivity contribution in [2.45, 2.75) is 31.2 Å². The van der Waals surface area contributed by atoms with Crippen LogP contribution in [0.25, 0.3) is 0 Å². The van der Waals surface area contributed by atoms with Gasteiger partial charge in [-0.3, -0.25) is 15.1 Å². The van der Waals surface area contributed by atoms with Gasteiger partial charge in [0.15, 0.2) is 5.96 Å². The SMILES string of the molecule is Bc1ccc(O)c([C@@]2(C)NC(=N)N(C)C(=O)[C@H]2c2ccc(C(C)(F)F)cc2)c1. The molecule has 0 aromatic heterocycles. The number of rotatable bonds is 3. The second-order valence-corrected chi connectivity index (χ2v) is 7.54. The fourth-order valence-corrected chi connectivity index (χ4v) is 3.69. The number of carbonyl (C=O) groups is 1. The molecule has 1 saturated heterocycles. The Labute approximate surface area is 163 Å². The summed E-state index contributed by atoms with van der Waals surface area (Å²) in [6.45, 7) is 2.55. The summed E-state index contributed by atoms with van der Waals surface area (Å²) in [5.74, 6) is -4.26. The van der Waals surface area contributed by atoms with E-state index in [1.54, 1.807) is 25.1 Å². The number of amides is 1. The minimum atomic E-state index is -2.98. The van der Waals surface area contributed by atoms with Crippen molar-refractivity contribution in [2.24, 2.45) is 0 Å². The zero-order valence-corrected chi connectivity index (χ0v) is 16.2. The summed E-state index contributed by atoms with van der Waals surface area (Å²) in [4.78, 5) is 14.3. The van der Waals surface area contributed by atoms with E-state index in [1.807, 2.05) is 7.85 Å². The highest BCUT2D eigenvalue weighted by molar-refractivity contribution is 6.32. The van der Waals surface area contributed by atoms with Gasteiger partial charge in [0.1, 0.15) is 13.6 Å². The highest BCUT2D eigenvalue weighted by Gasteiger charge is 2.49. The summed E-state index contributed by atoms with van der Waals surface area (Å²) in [7, 11) is 3.34. The maximum atomic E-state index is 13.6. The summed E-state index contributed by atoms with van der Waals surface area (Å²) in [6.07, 6.45) is 0. The van der Waals surface area contributed by atoms with Crippen LogP contribution in [0.4, 0.5) is 8.78 Å². The lowest BCUT2D eigenvalue weighted by molar-refractivity contribution is -0.131. The standard InChI is InChI=1S/C20H22BF2N3O2/c1-19(14-10-13(21)8-9-15(14)27)16(17(28)26(3)18(24)25-19)11-4-6-12(7-5-11)20(2,22)23/h4-10,16,27H,21H2,1-3H3,(H2,24,25)/t16-,19-/m1/s1. The molecule has 3 rings (SSSR count). The van der Waals surface area contributed by atoms with Crippen LogP contribution in [0.2, 0.25) is 0 Å². The van der Waals surface area contributed by atoms with Crippen molar-refractivity contribution in [2.75, 3.05) is 7.05 Å². The first kappa shape index (κ1) is 19.9. The highest BCUT2D eigenvalue weighted by Crippen LogP contribution is 2.43. The number of likely N-dealkylation sites (N-methyl/N-ethyl adjacent to an activating group) is 1. The number of guanidine groups is 1. The first-order chi connectivity index (χ1) is 12.9. The van der Waals surface area contributed by atoms with Crippen LogP contribution in [0.5, 0.6) is 5.75 Å².